The van der Waals surface area contributed by atoms with Crippen LogP contribution in [0.1, 0.15) is 40.5 Å². The Labute approximate surface area is 86.7 Å². The van der Waals surface area contributed by atoms with Gasteiger partial charge in [0.15, 0.2) is 0 Å². The first kappa shape index (κ1) is 10.0. The maximum Gasteiger partial charge on any atom is 0.219 e. The van der Waals surface area contributed by atoms with Crippen LogP contribution in [0.25, 0.3) is 0 Å². The molecular formula is C12H21NO. The summed E-state index contributed by atoms with van der Waals surface area (Å²) in [6, 6.07) is 0. The van der Waals surface area contributed by atoms with Gasteiger partial charge in [0.05, 0.1) is 0 Å². The van der Waals surface area contributed by atoms with E-state index in [9.17, 15) is 4.79 Å². The Morgan fingerprint density at radius 2 is 1.79 bits per heavy atom. The smallest absolute Gasteiger partial charge is 0.219 e. The Hall–Kier alpha value is -0.530. The Kier molecular flexibility index (Phi) is 1.96. The lowest BCUT2D eigenvalue weighted by molar-refractivity contribution is -0.159. The van der Waals surface area contributed by atoms with Crippen LogP contribution in [0.3, 0.4) is 0 Å². The van der Waals surface area contributed by atoms with Gasteiger partial charge < -0.3 is 4.90 Å². The summed E-state index contributed by atoms with van der Waals surface area (Å²) in [4.78, 5) is 13.0. The SMILES string of the molecule is CC(=O)N1CC2(CC(C(C)(C)C)C2)C1. The van der Waals surface area contributed by atoms with Crippen LogP contribution in [0.15, 0.2) is 0 Å². The predicted octanol–water partition coefficient (Wildman–Crippen LogP) is 2.29. The molecule has 1 saturated carbocycles. The van der Waals surface area contributed by atoms with E-state index in [1.54, 1.807) is 6.92 Å². The maximum atomic E-state index is 11.1. The highest BCUT2D eigenvalue weighted by molar-refractivity contribution is 5.74. The summed E-state index contributed by atoms with van der Waals surface area (Å²) in [5, 5.41) is 0. The van der Waals surface area contributed by atoms with Crippen LogP contribution < -0.4 is 0 Å². The minimum absolute atomic E-state index is 0.245. The zero-order chi connectivity index (χ0) is 10.6. The van der Waals surface area contributed by atoms with Crippen molar-refractivity contribution in [3.05, 3.63) is 0 Å². The van der Waals surface area contributed by atoms with E-state index in [4.69, 9.17) is 0 Å². The molecule has 1 spiro atoms. The molecule has 0 unspecified atom stereocenters. The molecule has 80 valence electrons. The van der Waals surface area contributed by atoms with Crippen molar-refractivity contribution in [2.24, 2.45) is 16.7 Å². The van der Waals surface area contributed by atoms with Gasteiger partial charge in [-0.3, -0.25) is 4.79 Å². The molecule has 0 bridgehead atoms. The zero-order valence-corrected chi connectivity index (χ0v) is 9.76. The van der Waals surface area contributed by atoms with Crippen LogP contribution in [0.5, 0.6) is 0 Å². The van der Waals surface area contributed by atoms with Crippen molar-refractivity contribution < 1.29 is 4.79 Å². The lowest BCUT2D eigenvalue weighted by atomic mass is 9.52. The molecule has 2 aliphatic rings. The third-order valence-corrected chi connectivity index (χ3v) is 4.08. The Morgan fingerprint density at radius 1 is 1.29 bits per heavy atom. The van der Waals surface area contributed by atoms with Crippen LogP contribution in [0.2, 0.25) is 0 Å². The van der Waals surface area contributed by atoms with Crippen LogP contribution in [-0.2, 0) is 4.79 Å². The largest absolute Gasteiger partial charge is 0.342 e. The first-order valence-corrected chi connectivity index (χ1v) is 5.58. The molecule has 0 aromatic heterocycles. The number of carbonyl (C=O) groups excluding carboxylic acids is 1. The number of nitrogens with zero attached hydrogens (tertiary/aromatic N) is 1. The Bertz CT molecular complexity index is 250. The second-order valence-corrected chi connectivity index (χ2v) is 6.35. The molecule has 2 rings (SSSR count). The van der Waals surface area contributed by atoms with Crippen molar-refractivity contribution in [2.75, 3.05) is 13.1 Å². The van der Waals surface area contributed by atoms with Crippen molar-refractivity contribution in [1.82, 2.24) is 4.90 Å². The fourth-order valence-electron chi connectivity index (χ4n) is 2.84. The average Bonchev–Trinajstić information content (AvgIpc) is 1.74. The number of hydrogen-bond donors (Lipinski definition) is 0. The molecule has 1 aliphatic heterocycles. The van der Waals surface area contributed by atoms with Crippen molar-refractivity contribution in [2.45, 2.75) is 40.5 Å². The number of likely N-dealkylation sites (tertiary alicyclic amines) is 1. The lowest BCUT2D eigenvalue weighted by Gasteiger charge is -2.61. The fraction of sp³-hybridized carbons (Fsp3) is 0.917. The van der Waals surface area contributed by atoms with Gasteiger partial charge in [0.2, 0.25) is 5.91 Å². The van der Waals surface area contributed by atoms with Gasteiger partial charge in [-0.2, -0.15) is 0 Å². The molecule has 2 heteroatoms. The molecule has 0 radical (unpaired) electrons. The first-order chi connectivity index (χ1) is 6.32. The molecule has 1 aliphatic carbocycles. The third-order valence-electron chi connectivity index (χ3n) is 4.08. The first-order valence-electron chi connectivity index (χ1n) is 5.58. The van der Waals surface area contributed by atoms with Gasteiger partial charge in [-0.05, 0) is 24.2 Å². The molecule has 0 atom stereocenters. The highest BCUT2D eigenvalue weighted by Gasteiger charge is 2.55. The summed E-state index contributed by atoms with van der Waals surface area (Å²) < 4.78 is 0. The monoisotopic (exact) mass is 195 g/mol. The lowest BCUT2D eigenvalue weighted by Crippen LogP contribution is -2.64. The van der Waals surface area contributed by atoms with Crippen LogP contribution in [-0.4, -0.2) is 23.9 Å². The van der Waals surface area contributed by atoms with E-state index < -0.39 is 0 Å². The molecule has 2 nitrogen and oxygen atoms in total. The van der Waals surface area contributed by atoms with E-state index in [1.165, 1.54) is 12.8 Å². The minimum atomic E-state index is 0.245. The van der Waals surface area contributed by atoms with E-state index in [0.29, 0.717) is 10.8 Å². The second-order valence-electron chi connectivity index (χ2n) is 6.35. The number of hydrogen-bond acceptors (Lipinski definition) is 1. The predicted molar refractivity (Wildman–Crippen MR) is 56.9 cm³/mol. The van der Waals surface area contributed by atoms with Crippen LogP contribution in [0.4, 0.5) is 0 Å². The van der Waals surface area contributed by atoms with Crippen molar-refractivity contribution in [3.63, 3.8) is 0 Å². The molecule has 2 fully saturated rings. The van der Waals surface area contributed by atoms with E-state index in [-0.39, 0.29) is 5.91 Å². The van der Waals surface area contributed by atoms with Crippen LogP contribution in [0, 0.1) is 16.7 Å². The number of carbonyl (C=O) groups is 1. The molecule has 1 saturated heterocycles. The third kappa shape index (κ3) is 1.45. The molecule has 14 heavy (non-hydrogen) atoms. The highest BCUT2D eigenvalue weighted by atomic mass is 16.2. The topological polar surface area (TPSA) is 20.3 Å². The summed E-state index contributed by atoms with van der Waals surface area (Å²) in [6.07, 6.45) is 2.67. The average molecular weight is 195 g/mol. The summed E-state index contributed by atoms with van der Waals surface area (Å²) in [5.41, 5.74) is 0.992. The fourth-order valence-corrected chi connectivity index (χ4v) is 2.84. The quantitative estimate of drug-likeness (QED) is 0.581. The van der Waals surface area contributed by atoms with Gasteiger partial charge in [0.1, 0.15) is 0 Å². The Balaban J connectivity index is 1.83. The van der Waals surface area contributed by atoms with E-state index in [1.807, 2.05) is 4.90 Å². The summed E-state index contributed by atoms with van der Waals surface area (Å²) in [7, 11) is 0. The van der Waals surface area contributed by atoms with Gasteiger partial charge in [0.25, 0.3) is 0 Å². The van der Waals surface area contributed by atoms with Gasteiger partial charge in [-0.1, -0.05) is 20.8 Å². The van der Waals surface area contributed by atoms with Gasteiger partial charge in [-0.25, -0.2) is 0 Å². The van der Waals surface area contributed by atoms with Gasteiger partial charge in [0, 0.05) is 25.4 Å². The van der Waals surface area contributed by atoms with Crippen molar-refractivity contribution in [3.8, 4) is 0 Å². The minimum Gasteiger partial charge on any atom is -0.342 e. The highest BCUT2D eigenvalue weighted by Crippen LogP contribution is 2.57. The van der Waals surface area contributed by atoms with Gasteiger partial charge >= 0.3 is 0 Å². The number of amides is 1. The van der Waals surface area contributed by atoms with E-state index >= 15 is 0 Å². The van der Waals surface area contributed by atoms with Crippen LogP contribution >= 0.6 is 0 Å². The molecule has 0 aromatic rings. The zero-order valence-electron chi connectivity index (χ0n) is 9.76. The van der Waals surface area contributed by atoms with Crippen molar-refractivity contribution in [1.29, 1.82) is 0 Å². The normalized spacial score (nSPS) is 25.9. The van der Waals surface area contributed by atoms with Gasteiger partial charge in [-0.15, -0.1) is 0 Å². The molecule has 0 N–H and O–H groups in total. The summed E-state index contributed by atoms with van der Waals surface area (Å²) in [6.45, 7) is 10.7. The molecule has 1 heterocycles. The second kappa shape index (κ2) is 2.74. The summed E-state index contributed by atoms with van der Waals surface area (Å²) >= 11 is 0. The maximum absolute atomic E-state index is 11.1. The molecule has 1 amide bonds. The molecular weight excluding hydrogens is 174 g/mol. The standard InChI is InChI=1S/C12H21NO/c1-9(14)13-7-12(8-13)5-10(6-12)11(2,3)4/h10H,5-8H2,1-4H3. The number of rotatable bonds is 0. The molecule has 0 aromatic carbocycles. The van der Waals surface area contributed by atoms with E-state index in [0.717, 1.165) is 19.0 Å². The van der Waals surface area contributed by atoms with Crippen molar-refractivity contribution >= 4 is 5.91 Å². The summed E-state index contributed by atoms with van der Waals surface area (Å²) in [5.74, 6) is 1.12. The Morgan fingerprint density at radius 3 is 2.14 bits per heavy atom. The van der Waals surface area contributed by atoms with E-state index in [2.05, 4.69) is 20.8 Å².